The highest BCUT2D eigenvalue weighted by Crippen LogP contribution is 2.13. The van der Waals surface area contributed by atoms with Crippen LogP contribution in [0.5, 0.6) is 5.88 Å². The molecule has 5 nitrogen and oxygen atoms in total. The first-order chi connectivity index (χ1) is 10.1. The summed E-state index contributed by atoms with van der Waals surface area (Å²) in [5.41, 5.74) is 7.60. The molecule has 0 radical (unpaired) electrons. The summed E-state index contributed by atoms with van der Waals surface area (Å²) < 4.78 is 5.13. The molecule has 1 heterocycles. The number of ether oxygens (including phenoxy) is 1. The van der Waals surface area contributed by atoms with Crippen LogP contribution in [0.2, 0.25) is 0 Å². The molecule has 0 fully saturated rings. The van der Waals surface area contributed by atoms with E-state index in [1.54, 1.807) is 43.6 Å². The molecule has 0 saturated heterocycles. The molecule has 0 spiro atoms. The van der Waals surface area contributed by atoms with Gasteiger partial charge in [-0.1, -0.05) is 30.4 Å². The maximum Gasteiger partial charge on any atom is 0.251 e. The number of hydrogen-bond donors (Lipinski definition) is 2. The Bertz CT molecular complexity index is 656. The predicted octanol–water partition coefficient (Wildman–Crippen LogP) is 1.65. The number of pyridine rings is 1. The van der Waals surface area contributed by atoms with Gasteiger partial charge in [-0.3, -0.25) is 4.79 Å². The lowest BCUT2D eigenvalue weighted by Gasteiger charge is -2.09. The summed E-state index contributed by atoms with van der Waals surface area (Å²) in [6.07, 6.45) is 1.64. The van der Waals surface area contributed by atoms with Gasteiger partial charge in [0.2, 0.25) is 5.88 Å². The molecular weight excluding hydrogens is 286 g/mol. The fourth-order valence-electron chi connectivity index (χ4n) is 1.81. The maximum atomic E-state index is 12.1. The minimum absolute atomic E-state index is 0.185. The van der Waals surface area contributed by atoms with Gasteiger partial charge in [-0.2, -0.15) is 0 Å². The van der Waals surface area contributed by atoms with Crippen molar-refractivity contribution in [2.45, 2.75) is 6.54 Å². The minimum atomic E-state index is -0.185. The van der Waals surface area contributed by atoms with Gasteiger partial charge in [0.1, 0.15) is 4.99 Å². The third-order valence-corrected chi connectivity index (χ3v) is 3.15. The van der Waals surface area contributed by atoms with Crippen LogP contribution >= 0.6 is 12.2 Å². The van der Waals surface area contributed by atoms with E-state index in [0.29, 0.717) is 23.0 Å². The van der Waals surface area contributed by atoms with E-state index in [1.165, 1.54) is 0 Å². The molecule has 0 aliphatic heterocycles. The quantitative estimate of drug-likeness (QED) is 0.821. The summed E-state index contributed by atoms with van der Waals surface area (Å²) in [5, 5.41) is 2.82. The molecule has 108 valence electrons. The fraction of sp³-hybridized carbons (Fsp3) is 0.133. The molecule has 0 aliphatic rings. The number of rotatable bonds is 5. The van der Waals surface area contributed by atoms with E-state index in [4.69, 9.17) is 22.7 Å². The van der Waals surface area contributed by atoms with Gasteiger partial charge in [-0.25, -0.2) is 4.98 Å². The van der Waals surface area contributed by atoms with Gasteiger partial charge in [0.15, 0.2) is 0 Å². The molecule has 0 unspecified atom stereocenters. The van der Waals surface area contributed by atoms with Gasteiger partial charge in [-0.05, 0) is 18.2 Å². The molecule has 1 aromatic carbocycles. The van der Waals surface area contributed by atoms with Crippen molar-refractivity contribution in [2.24, 2.45) is 5.73 Å². The summed E-state index contributed by atoms with van der Waals surface area (Å²) in [7, 11) is 1.54. The van der Waals surface area contributed by atoms with Gasteiger partial charge in [0.05, 0.1) is 7.11 Å². The molecule has 21 heavy (non-hydrogen) atoms. The highest BCUT2D eigenvalue weighted by molar-refractivity contribution is 7.80. The average molecular weight is 301 g/mol. The van der Waals surface area contributed by atoms with Gasteiger partial charge >= 0.3 is 0 Å². The molecule has 3 N–H and O–H groups in total. The maximum absolute atomic E-state index is 12.1. The molecule has 2 rings (SSSR count). The van der Waals surface area contributed by atoms with Crippen molar-refractivity contribution in [1.82, 2.24) is 10.3 Å². The number of nitrogens with one attached hydrogen (secondary N) is 1. The van der Waals surface area contributed by atoms with Crippen LogP contribution in [0.4, 0.5) is 0 Å². The van der Waals surface area contributed by atoms with Crippen LogP contribution in [0.15, 0.2) is 42.6 Å². The third-order valence-electron chi connectivity index (χ3n) is 2.91. The van der Waals surface area contributed by atoms with Crippen molar-refractivity contribution in [3.05, 3.63) is 59.3 Å². The van der Waals surface area contributed by atoms with Crippen molar-refractivity contribution in [3.8, 4) is 5.88 Å². The molecule has 0 atom stereocenters. The van der Waals surface area contributed by atoms with E-state index in [9.17, 15) is 4.79 Å². The lowest BCUT2D eigenvalue weighted by molar-refractivity contribution is 0.0950. The summed E-state index contributed by atoms with van der Waals surface area (Å²) in [6, 6.07) is 10.5. The Labute approximate surface area is 128 Å². The summed E-state index contributed by atoms with van der Waals surface area (Å²) in [5.74, 6) is 0.317. The van der Waals surface area contributed by atoms with Gasteiger partial charge < -0.3 is 15.8 Å². The number of amides is 1. The Balaban J connectivity index is 2.03. The Morgan fingerprint density at radius 1 is 1.29 bits per heavy atom. The second kappa shape index (κ2) is 6.81. The van der Waals surface area contributed by atoms with Crippen molar-refractivity contribution >= 4 is 23.1 Å². The molecule has 0 aliphatic carbocycles. The number of benzene rings is 1. The Hall–Kier alpha value is -2.47. The van der Waals surface area contributed by atoms with Crippen molar-refractivity contribution in [3.63, 3.8) is 0 Å². The number of carbonyl (C=O) groups excluding carboxylic acids is 1. The minimum Gasteiger partial charge on any atom is -0.481 e. The number of nitrogens with zero attached hydrogens (tertiary/aromatic N) is 1. The van der Waals surface area contributed by atoms with Gasteiger partial charge in [0.25, 0.3) is 5.91 Å². The van der Waals surface area contributed by atoms with E-state index < -0.39 is 0 Å². The highest BCUT2D eigenvalue weighted by Gasteiger charge is 2.08. The molecular formula is C15H15N3O2S. The second-order valence-electron chi connectivity index (χ2n) is 4.30. The topological polar surface area (TPSA) is 77.2 Å². The Morgan fingerprint density at radius 3 is 2.57 bits per heavy atom. The molecule has 0 bridgehead atoms. The summed E-state index contributed by atoms with van der Waals surface area (Å²) in [4.78, 5) is 16.4. The fourth-order valence-corrected chi connectivity index (χ4v) is 1.94. The molecule has 0 saturated carbocycles. The number of thiocarbonyl (C=S) groups is 1. The molecule has 1 aromatic heterocycles. The van der Waals surface area contributed by atoms with Crippen molar-refractivity contribution in [2.75, 3.05) is 7.11 Å². The van der Waals surface area contributed by atoms with E-state index in [-0.39, 0.29) is 5.91 Å². The predicted molar refractivity (Wildman–Crippen MR) is 84.3 cm³/mol. The first kappa shape index (κ1) is 14.9. The zero-order chi connectivity index (χ0) is 15.2. The summed E-state index contributed by atoms with van der Waals surface area (Å²) in [6.45, 7) is 0.340. The number of aromatic nitrogens is 1. The SMILES string of the molecule is COc1ncccc1CNC(=O)c1ccc(C(N)=S)cc1. The smallest absolute Gasteiger partial charge is 0.251 e. The van der Waals surface area contributed by atoms with E-state index in [1.807, 2.05) is 6.07 Å². The van der Waals surface area contributed by atoms with Crippen LogP contribution in [-0.2, 0) is 6.54 Å². The van der Waals surface area contributed by atoms with Crippen molar-refractivity contribution < 1.29 is 9.53 Å². The van der Waals surface area contributed by atoms with E-state index in [2.05, 4.69) is 10.3 Å². The number of carbonyl (C=O) groups is 1. The van der Waals surface area contributed by atoms with Crippen LogP contribution in [-0.4, -0.2) is 23.0 Å². The average Bonchev–Trinajstić information content (AvgIpc) is 2.52. The third kappa shape index (κ3) is 3.76. The van der Waals surface area contributed by atoms with Crippen LogP contribution in [0.25, 0.3) is 0 Å². The molecule has 2 aromatic rings. The van der Waals surface area contributed by atoms with Gasteiger partial charge in [-0.15, -0.1) is 0 Å². The Morgan fingerprint density at radius 2 is 1.95 bits per heavy atom. The zero-order valence-electron chi connectivity index (χ0n) is 11.5. The second-order valence-corrected chi connectivity index (χ2v) is 4.74. The molecule has 1 amide bonds. The normalized spacial score (nSPS) is 9.95. The summed E-state index contributed by atoms with van der Waals surface area (Å²) >= 11 is 4.87. The number of hydrogen-bond acceptors (Lipinski definition) is 4. The van der Waals surface area contributed by atoms with Crippen LogP contribution < -0.4 is 15.8 Å². The van der Waals surface area contributed by atoms with Gasteiger partial charge in [0, 0.05) is 29.4 Å². The van der Waals surface area contributed by atoms with E-state index in [0.717, 1.165) is 11.1 Å². The van der Waals surface area contributed by atoms with E-state index >= 15 is 0 Å². The zero-order valence-corrected chi connectivity index (χ0v) is 12.3. The largest absolute Gasteiger partial charge is 0.481 e. The van der Waals surface area contributed by atoms with Crippen LogP contribution in [0.3, 0.4) is 0 Å². The highest BCUT2D eigenvalue weighted by atomic mass is 32.1. The first-order valence-corrected chi connectivity index (χ1v) is 6.68. The van der Waals surface area contributed by atoms with Crippen molar-refractivity contribution in [1.29, 1.82) is 0 Å². The lowest BCUT2D eigenvalue weighted by Crippen LogP contribution is -2.23. The lowest BCUT2D eigenvalue weighted by atomic mass is 10.1. The monoisotopic (exact) mass is 301 g/mol. The Kier molecular flexibility index (Phi) is 4.84. The number of methoxy groups -OCH3 is 1. The number of nitrogens with two attached hydrogens (primary N) is 1. The molecule has 6 heteroatoms. The standard InChI is InChI=1S/C15H15N3O2S/c1-20-15-12(3-2-8-17-15)9-18-14(19)11-6-4-10(5-7-11)13(16)21/h2-8H,9H2,1H3,(H2,16,21)(H,18,19). The first-order valence-electron chi connectivity index (χ1n) is 6.27. The van der Waals surface area contributed by atoms with Crippen LogP contribution in [0, 0.1) is 0 Å². The van der Waals surface area contributed by atoms with Crippen LogP contribution in [0.1, 0.15) is 21.5 Å².